The van der Waals surface area contributed by atoms with E-state index in [-0.39, 0.29) is 12.1 Å². The molecule has 3 rings (SSSR count). The van der Waals surface area contributed by atoms with Crippen molar-refractivity contribution < 1.29 is 14.3 Å². The highest BCUT2D eigenvalue weighted by Gasteiger charge is 2.28. The second kappa shape index (κ2) is 8.63. The van der Waals surface area contributed by atoms with Gasteiger partial charge in [-0.15, -0.1) is 0 Å². The van der Waals surface area contributed by atoms with Crippen LogP contribution in [0.15, 0.2) is 18.2 Å². The molecule has 0 aromatic heterocycles. The highest BCUT2D eigenvalue weighted by atomic mass is 16.6. The number of benzene rings is 1. The number of hydrogen-bond acceptors (Lipinski definition) is 3. The van der Waals surface area contributed by atoms with Gasteiger partial charge in [0.25, 0.3) is 0 Å². The smallest absolute Gasteiger partial charge is 0.414 e. The lowest BCUT2D eigenvalue weighted by atomic mass is 9.83. The number of ether oxygens (including phenoxy) is 1. The fraction of sp³-hybridized carbons (Fsp3) is 0.619. The summed E-state index contributed by atoms with van der Waals surface area (Å²) in [5.74, 6) is 0.821. The summed E-state index contributed by atoms with van der Waals surface area (Å²) >= 11 is 0. The molecule has 1 aliphatic heterocycles. The minimum Gasteiger partial charge on any atom is -0.447 e. The minimum absolute atomic E-state index is 0.0850. The summed E-state index contributed by atoms with van der Waals surface area (Å²) in [5.41, 5.74) is 2.41. The van der Waals surface area contributed by atoms with Crippen LogP contribution < -0.4 is 10.2 Å². The van der Waals surface area contributed by atoms with E-state index in [0.29, 0.717) is 19.2 Å². The van der Waals surface area contributed by atoms with Crippen LogP contribution in [0.3, 0.4) is 0 Å². The number of urea groups is 1. The van der Waals surface area contributed by atoms with Gasteiger partial charge in [0.05, 0.1) is 12.2 Å². The Bertz CT molecular complexity index is 683. The van der Waals surface area contributed by atoms with Crippen molar-refractivity contribution in [1.82, 2.24) is 4.90 Å². The van der Waals surface area contributed by atoms with Crippen molar-refractivity contribution in [2.75, 3.05) is 30.4 Å². The molecule has 1 N–H and O–H groups in total. The van der Waals surface area contributed by atoms with E-state index in [0.717, 1.165) is 35.7 Å². The summed E-state index contributed by atoms with van der Waals surface area (Å²) in [6.07, 6.45) is 6.78. The van der Waals surface area contributed by atoms with Gasteiger partial charge in [0.15, 0.2) is 0 Å². The highest BCUT2D eigenvalue weighted by molar-refractivity contribution is 5.95. The fourth-order valence-electron chi connectivity index (χ4n) is 4.26. The lowest BCUT2D eigenvalue weighted by molar-refractivity contribution is 0.169. The van der Waals surface area contributed by atoms with Gasteiger partial charge in [0, 0.05) is 18.8 Å². The van der Waals surface area contributed by atoms with E-state index in [1.165, 1.54) is 25.7 Å². The van der Waals surface area contributed by atoms with Crippen molar-refractivity contribution in [3.05, 3.63) is 23.8 Å². The second-order valence-corrected chi connectivity index (χ2v) is 7.72. The molecule has 6 heteroatoms. The molecule has 0 bridgehead atoms. The molecule has 6 nitrogen and oxygen atoms in total. The number of hydrogen-bond donors (Lipinski definition) is 1. The molecule has 2 aliphatic rings. The lowest BCUT2D eigenvalue weighted by Gasteiger charge is -2.34. The van der Waals surface area contributed by atoms with E-state index in [4.69, 9.17) is 4.74 Å². The molecule has 148 valence electrons. The summed E-state index contributed by atoms with van der Waals surface area (Å²) in [6, 6.07) is 5.84. The number of amides is 3. The van der Waals surface area contributed by atoms with E-state index < -0.39 is 0 Å². The minimum atomic E-state index is -0.331. The Balaban J connectivity index is 1.63. The van der Waals surface area contributed by atoms with E-state index in [9.17, 15) is 9.59 Å². The number of nitrogens with one attached hydrogen (secondary N) is 1. The Morgan fingerprint density at radius 2 is 2.04 bits per heavy atom. The van der Waals surface area contributed by atoms with Gasteiger partial charge in [-0.05, 0) is 56.2 Å². The zero-order valence-electron chi connectivity index (χ0n) is 16.7. The standard InChI is InChI=1S/C21H31N3O3/c1-4-6-16-9-11-17(12-10-16)23(3)20(25)22-18-7-5-8-19(15(18)2)24-13-14-27-21(24)26/h5,7-8,16-17H,4,6,9-14H2,1-3H3,(H,22,25). The lowest BCUT2D eigenvalue weighted by Crippen LogP contribution is -2.42. The maximum atomic E-state index is 12.8. The van der Waals surface area contributed by atoms with Gasteiger partial charge in [0.1, 0.15) is 6.61 Å². The van der Waals surface area contributed by atoms with Crippen LogP contribution >= 0.6 is 0 Å². The molecule has 1 aromatic rings. The fourth-order valence-corrected chi connectivity index (χ4v) is 4.26. The molecule has 1 saturated carbocycles. The molecule has 0 spiro atoms. The first-order valence-corrected chi connectivity index (χ1v) is 10.1. The summed E-state index contributed by atoms with van der Waals surface area (Å²) in [6.45, 7) is 5.10. The Morgan fingerprint density at radius 1 is 1.30 bits per heavy atom. The van der Waals surface area contributed by atoms with Gasteiger partial charge in [-0.2, -0.15) is 0 Å². The topological polar surface area (TPSA) is 61.9 Å². The zero-order valence-corrected chi connectivity index (χ0v) is 16.7. The average Bonchev–Trinajstić information content (AvgIpc) is 3.09. The molecule has 27 heavy (non-hydrogen) atoms. The Hall–Kier alpha value is -2.24. The van der Waals surface area contributed by atoms with E-state index >= 15 is 0 Å². The highest BCUT2D eigenvalue weighted by Crippen LogP contribution is 2.31. The molecule has 1 heterocycles. The molecule has 1 aliphatic carbocycles. The van der Waals surface area contributed by atoms with Gasteiger partial charge in [0.2, 0.25) is 0 Å². The first-order valence-electron chi connectivity index (χ1n) is 10.1. The van der Waals surface area contributed by atoms with Gasteiger partial charge >= 0.3 is 12.1 Å². The van der Waals surface area contributed by atoms with Crippen LogP contribution in [-0.2, 0) is 4.74 Å². The molecule has 3 amide bonds. The van der Waals surface area contributed by atoms with Crippen molar-refractivity contribution in [2.45, 2.75) is 58.4 Å². The van der Waals surface area contributed by atoms with Crippen LogP contribution in [0.2, 0.25) is 0 Å². The number of carbonyl (C=O) groups excluding carboxylic acids is 2. The number of cyclic esters (lactones) is 1. The van der Waals surface area contributed by atoms with Crippen LogP contribution in [0.4, 0.5) is 21.0 Å². The molecule has 0 atom stereocenters. The van der Waals surface area contributed by atoms with Crippen LogP contribution in [-0.4, -0.2) is 43.3 Å². The third-order valence-electron chi connectivity index (χ3n) is 5.98. The van der Waals surface area contributed by atoms with Crippen LogP contribution in [0, 0.1) is 12.8 Å². The molecule has 0 unspecified atom stereocenters. The largest absolute Gasteiger partial charge is 0.447 e. The molecule has 1 saturated heterocycles. The zero-order chi connectivity index (χ0) is 19.4. The van der Waals surface area contributed by atoms with Gasteiger partial charge < -0.3 is 15.0 Å². The summed E-state index contributed by atoms with van der Waals surface area (Å²) in [4.78, 5) is 28.1. The molecule has 2 fully saturated rings. The molecular weight excluding hydrogens is 342 g/mol. The number of nitrogens with zero attached hydrogens (tertiary/aromatic N) is 2. The Morgan fingerprint density at radius 3 is 2.67 bits per heavy atom. The SMILES string of the molecule is CCCC1CCC(N(C)C(=O)Nc2cccc(N3CCOC3=O)c2C)CC1. The van der Waals surface area contributed by atoms with Crippen LogP contribution in [0.25, 0.3) is 0 Å². The number of carbonyl (C=O) groups is 2. The van der Waals surface area contributed by atoms with Crippen molar-refractivity contribution in [1.29, 1.82) is 0 Å². The van der Waals surface area contributed by atoms with Crippen molar-refractivity contribution in [2.24, 2.45) is 5.92 Å². The van der Waals surface area contributed by atoms with Gasteiger partial charge in [-0.25, -0.2) is 9.59 Å². The third kappa shape index (κ3) is 4.37. The Kier molecular flexibility index (Phi) is 6.24. The van der Waals surface area contributed by atoms with Crippen LogP contribution in [0.1, 0.15) is 51.0 Å². The van der Waals surface area contributed by atoms with Crippen molar-refractivity contribution in [3.8, 4) is 0 Å². The molecule has 1 aromatic carbocycles. The number of anilines is 2. The van der Waals surface area contributed by atoms with Gasteiger partial charge in [-0.3, -0.25) is 4.90 Å². The first kappa shape index (κ1) is 19.5. The normalized spacial score (nSPS) is 22.5. The Labute approximate surface area is 161 Å². The quantitative estimate of drug-likeness (QED) is 0.808. The first-order chi connectivity index (χ1) is 13.0. The number of rotatable bonds is 5. The average molecular weight is 373 g/mol. The predicted molar refractivity (Wildman–Crippen MR) is 107 cm³/mol. The van der Waals surface area contributed by atoms with Gasteiger partial charge in [-0.1, -0.05) is 25.8 Å². The van der Waals surface area contributed by atoms with E-state index in [1.54, 1.807) is 4.90 Å². The van der Waals surface area contributed by atoms with Crippen molar-refractivity contribution >= 4 is 23.5 Å². The second-order valence-electron chi connectivity index (χ2n) is 7.72. The summed E-state index contributed by atoms with van der Waals surface area (Å²) < 4.78 is 5.03. The third-order valence-corrected chi connectivity index (χ3v) is 5.98. The maximum Gasteiger partial charge on any atom is 0.414 e. The van der Waals surface area contributed by atoms with Crippen LogP contribution in [0.5, 0.6) is 0 Å². The van der Waals surface area contributed by atoms with E-state index in [2.05, 4.69) is 12.2 Å². The maximum absolute atomic E-state index is 12.8. The monoisotopic (exact) mass is 373 g/mol. The molecular formula is C21H31N3O3. The summed E-state index contributed by atoms with van der Waals surface area (Å²) in [5, 5.41) is 3.03. The summed E-state index contributed by atoms with van der Waals surface area (Å²) in [7, 11) is 1.89. The molecule has 0 radical (unpaired) electrons. The predicted octanol–water partition coefficient (Wildman–Crippen LogP) is 4.77. The van der Waals surface area contributed by atoms with E-state index in [1.807, 2.05) is 37.1 Å². The van der Waals surface area contributed by atoms with Crippen molar-refractivity contribution in [3.63, 3.8) is 0 Å².